The predicted molar refractivity (Wildman–Crippen MR) is 110 cm³/mol. The summed E-state index contributed by atoms with van der Waals surface area (Å²) in [4.78, 5) is 16.9. The molecule has 1 atom stereocenters. The third-order valence-electron chi connectivity index (χ3n) is 3.78. The molecule has 0 unspecified atom stereocenters. The van der Waals surface area contributed by atoms with E-state index in [1.54, 1.807) is 30.2 Å². The molecule has 0 bridgehead atoms. The van der Waals surface area contributed by atoms with Crippen LogP contribution in [0.3, 0.4) is 0 Å². The van der Waals surface area contributed by atoms with Gasteiger partial charge in [-0.15, -0.1) is 23.1 Å². The minimum absolute atomic E-state index is 0.00630. The standard InChI is InChI=1S/C20H20N2O2S2/c1-14(19(23)21-16-6-4-3-5-7-16)25-12-17-13-26-20(22-17)15-8-10-18(24-2)11-9-15/h3-11,13-14H,12H2,1-2H3,(H,21,23)/t14-/m1/s1. The van der Waals surface area contributed by atoms with E-state index < -0.39 is 0 Å². The number of hydrogen-bond acceptors (Lipinski definition) is 5. The number of ether oxygens (including phenoxy) is 1. The van der Waals surface area contributed by atoms with Crippen molar-refractivity contribution in [2.24, 2.45) is 0 Å². The number of anilines is 1. The van der Waals surface area contributed by atoms with Gasteiger partial charge in [-0.2, -0.15) is 0 Å². The van der Waals surface area contributed by atoms with Crippen LogP contribution in [0.4, 0.5) is 5.69 Å². The van der Waals surface area contributed by atoms with E-state index >= 15 is 0 Å². The molecular formula is C20H20N2O2S2. The van der Waals surface area contributed by atoms with Gasteiger partial charge in [0.2, 0.25) is 5.91 Å². The molecule has 0 saturated carbocycles. The fourth-order valence-corrected chi connectivity index (χ4v) is 4.00. The second-order valence-corrected chi connectivity index (χ2v) is 7.87. The van der Waals surface area contributed by atoms with Crippen LogP contribution in [0.5, 0.6) is 5.75 Å². The Balaban J connectivity index is 1.54. The molecule has 2 aromatic carbocycles. The number of rotatable bonds is 7. The SMILES string of the molecule is COc1ccc(-c2nc(CS[C@H](C)C(=O)Nc3ccccc3)cs2)cc1. The maximum absolute atomic E-state index is 12.3. The Morgan fingerprint density at radius 3 is 2.62 bits per heavy atom. The summed E-state index contributed by atoms with van der Waals surface area (Å²) in [5.41, 5.74) is 2.88. The molecule has 134 valence electrons. The first-order chi connectivity index (χ1) is 12.7. The van der Waals surface area contributed by atoms with E-state index in [0.29, 0.717) is 5.75 Å². The summed E-state index contributed by atoms with van der Waals surface area (Å²) in [6.07, 6.45) is 0. The highest BCUT2D eigenvalue weighted by Gasteiger charge is 2.15. The van der Waals surface area contributed by atoms with Crippen molar-refractivity contribution in [3.05, 3.63) is 65.7 Å². The summed E-state index contributed by atoms with van der Waals surface area (Å²) >= 11 is 3.20. The lowest BCUT2D eigenvalue weighted by Gasteiger charge is -2.11. The minimum Gasteiger partial charge on any atom is -0.497 e. The van der Waals surface area contributed by atoms with Crippen molar-refractivity contribution >= 4 is 34.7 Å². The molecule has 0 spiro atoms. The Morgan fingerprint density at radius 2 is 1.92 bits per heavy atom. The van der Waals surface area contributed by atoms with Crippen molar-refractivity contribution < 1.29 is 9.53 Å². The summed E-state index contributed by atoms with van der Waals surface area (Å²) in [6, 6.07) is 17.4. The van der Waals surface area contributed by atoms with Crippen LogP contribution in [0.15, 0.2) is 60.0 Å². The molecular weight excluding hydrogens is 364 g/mol. The summed E-state index contributed by atoms with van der Waals surface area (Å²) in [6.45, 7) is 1.92. The minimum atomic E-state index is -0.152. The van der Waals surface area contributed by atoms with Gasteiger partial charge in [0.25, 0.3) is 0 Å². The lowest BCUT2D eigenvalue weighted by Crippen LogP contribution is -2.22. The van der Waals surface area contributed by atoms with Crippen molar-refractivity contribution in [3.8, 4) is 16.3 Å². The number of aromatic nitrogens is 1. The van der Waals surface area contributed by atoms with Gasteiger partial charge in [-0.3, -0.25) is 4.79 Å². The van der Waals surface area contributed by atoms with Crippen molar-refractivity contribution in [1.82, 2.24) is 4.98 Å². The fourth-order valence-electron chi connectivity index (χ4n) is 2.29. The maximum atomic E-state index is 12.3. The number of nitrogens with one attached hydrogen (secondary N) is 1. The largest absolute Gasteiger partial charge is 0.497 e. The van der Waals surface area contributed by atoms with Gasteiger partial charge in [-0.1, -0.05) is 18.2 Å². The zero-order valence-electron chi connectivity index (χ0n) is 14.6. The molecule has 0 radical (unpaired) electrons. The first kappa shape index (κ1) is 18.5. The molecule has 0 aliphatic rings. The van der Waals surface area contributed by atoms with Crippen molar-refractivity contribution in [3.63, 3.8) is 0 Å². The van der Waals surface area contributed by atoms with E-state index in [1.165, 1.54) is 0 Å². The highest BCUT2D eigenvalue weighted by molar-refractivity contribution is 7.99. The Kier molecular flexibility index (Phi) is 6.30. The molecule has 0 aliphatic carbocycles. The topological polar surface area (TPSA) is 51.2 Å². The number of amides is 1. The Morgan fingerprint density at radius 1 is 1.19 bits per heavy atom. The van der Waals surface area contributed by atoms with Gasteiger partial charge in [0.15, 0.2) is 0 Å². The van der Waals surface area contributed by atoms with Gasteiger partial charge < -0.3 is 10.1 Å². The molecule has 26 heavy (non-hydrogen) atoms. The first-order valence-corrected chi connectivity index (χ1v) is 10.1. The number of hydrogen-bond donors (Lipinski definition) is 1. The summed E-state index contributed by atoms with van der Waals surface area (Å²) in [5, 5.41) is 5.81. The zero-order valence-corrected chi connectivity index (χ0v) is 16.3. The normalized spacial score (nSPS) is 11.8. The molecule has 0 saturated heterocycles. The van der Waals surface area contributed by atoms with Crippen molar-refractivity contribution in [2.75, 3.05) is 12.4 Å². The van der Waals surface area contributed by atoms with E-state index in [9.17, 15) is 4.79 Å². The highest BCUT2D eigenvalue weighted by atomic mass is 32.2. The van der Waals surface area contributed by atoms with Crippen molar-refractivity contribution in [2.45, 2.75) is 17.9 Å². The van der Waals surface area contributed by atoms with Crippen LogP contribution in [0, 0.1) is 0 Å². The number of benzene rings is 2. The van der Waals surface area contributed by atoms with Gasteiger partial charge in [-0.05, 0) is 43.3 Å². The monoisotopic (exact) mass is 384 g/mol. The van der Waals surface area contributed by atoms with Gasteiger partial charge >= 0.3 is 0 Å². The molecule has 3 aromatic rings. The van der Waals surface area contributed by atoms with E-state index in [-0.39, 0.29) is 11.2 Å². The second-order valence-electron chi connectivity index (χ2n) is 5.68. The third-order valence-corrected chi connectivity index (χ3v) is 5.90. The van der Waals surface area contributed by atoms with Crippen LogP contribution >= 0.6 is 23.1 Å². The second kappa shape index (κ2) is 8.87. The third kappa shape index (κ3) is 4.86. The highest BCUT2D eigenvalue weighted by Crippen LogP contribution is 2.28. The number of nitrogens with zero attached hydrogens (tertiary/aromatic N) is 1. The van der Waals surface area contributed by atoms with Crippen LogP contribution in [-0.4, -0.2) is 23.3 Å². The molecule has 3 rings (SSSR count). The average molecular weight is 385 g/mol. The molecule has 1 amide bonds. The van der Waals surface area contributed by atoms with Gasteiger partial charge in [0, 0.05) is 22.4 Å². The summed E-state index contributed by atoms with van der Waals surface area (Å²) in [7, 11) is 1.66. The van der Waals surface area contributed by atoms with E-state index in [0.717, 1.165) is 27.7 Å². The molecule has 1 N–H and O–H groups in total. The van der Waals surface area contributed by atoms with Crippen LogP contribution in [0.25, 0.3) is 10.6 Å². The van der Waals surface area contributed by atoms with Crippen LogP contribution in [0.2, 0.25) is 0 Å². The summed E-state index contributed by atoms with van der Waals surface area (Å²) < 4.78 is 5.18. The smallest absolute Gasteiger partial charge is 0.237 e. The Labute approximate surface area is 161 Å². The summed E-state index contributed by atoms with van der Waals surface area (Å²) in [5.74, 6) is 1.54. The van der Waals surface area contributed by atoms with E-state index in [2.05, 4.69) is 10.3 Å². The van der Waals surface area contributed by atoms with Gasteiger partial charge in [0.1, 0.15) is 10.8 Å². The molecule has 0 aliphatic heterocycles. The van der Waals surface area contributed by atoms with Crippen LogP contribution in [-0.2, 0) is 10.5 Å². The fraction of sp³-hybridized carbons (Fsp3) is 0.200. The molecule has 4 nitrogen and oxygen atoms in total. The number of methoxy groups -OCH3 is 1. The first-order valence-electron chi connectivity index (χ1n) is 8.22. The predicted octanol–water partition coefficient (Wildman–Crippen LogP) is 5.08. The molecule has 1 heterocycles. The molecule has 0 fully saturated rings. The number of para-hydroxylation sites is 1. The quantitative estimate of drug-likeness (QED) is 0.617. The lowest BCUT2D eigenvalue weighted by molar-refractivity contribution is -0.115. The van der Waals surface area contributed by atoms with Gasteiger partial charge in [-0.25, -0.2) is 4.98 Å². The average Bonchev–Trinajstić information content (AvgIpc) is 3.16. The van der Waals surface area contributed by atoms with E-state index in [1.807, 2.05) is 66.9 Å². The Hall–Kier alpha value is -2.31. The Bertz CT molecular complexity index is 848. The maximum Gasteiger partial charge on any atom is 0.237 e. The van der Waals surface area contributed by atoms with Crippen LogP contribution in [0.1, 0.15) is 12.6 Å². The van der Waals surface area contributed by atoms with Crippen LogP contribution < -0.4 is 10.1 Å². The molecule has 1 aromatic heterocycles. The van der Waals surface area contributed by atoms with Crippen molar-refractivity contribution in [1.29, 1.82) is 0 Å². The number of carbonyl (C=O) groups excluding carboxylic acids is 1. The number of thioether (sulfide) groups is 1. The number of thiazole rings is 1. The lowest BCUT2D eigenvalue weighted by atomic mass is 10.2. The zero-order chi connectivity index (χ0) is 18.4. The van der Waals surface area contributed by atoms with Gasteiger partial charge in [0.05, 0.1) is 18.1 Å². The molecule has 6 heteroatoms. The van der Waals surface area contributed by atoms with E-state index in [4.69, 9.17) is 4.74 Å². The number of carbonyl (C=O) groups is 1.